The zero-order valence-electron chi connectivity index (χ0n) is 11.9. The van der Waals surface area contributed by atoms with E-state index in [-0.39, 0.29) is 24.9 Å². The topological polar surface area (TPSA) is 50.4 Å². The Hall–Kier alpha value is -0.970. The average Bonchev–Trinajstić information content (AvgIpc) is 2.47. The molecule has 1 fully saturated rings. The fourth-order valence-corrected chi connectivity index (χ4v) is 2.53. The van der Waals surface area contributed by atoms with Crippen molar-refractivity contribution in [2.45, 2.75) is 19.3 Å². The molecule has 118 valence electrons. The molecule has 1 atom stereocenters. The van der Waals surface area contributed by atoms with E-state index in [0.29, 0.717) is 23.2 Å². The van der Waals surface area contributed by atoms with E-state index in [9.17, 15) is 4.79 Å². The molecule has 0 bridgehead atoms. The van der Waals surface area contributed by atoms with Gasteiger partial charge in [-0.1, -0.05) is 23.7 Å². The van der Waals surface area contributed by atoms with Gasteiger partial charge in [0, 0.05) is 6.54 Å². The van der Waals surface area contributed by atoms with Gasteiger partial charge in [-0.2, -0.15) is 0 Å². The van der Waals surface area contributed by atoms with Gasteiger partial charge < -0.3 is 15.4 Å². The lowest BCUT2D eigenvalue weighted by molar-refractivity contribution is -0.123. The van der Waals surface area contributed by atoms with Crippen molar-refractivity contribution in [1.82, 2.24) is 10.6 Å². The van der Waals surface area contributed by atoms with Crippen LogP contribution in [0.15, 0.2) is 24.3 Å². The number of carbonyl (C=O) groups excluding carboxylic acids is 1. The fourth-order valence-electron chi connectivity index (χ4n) is 2.34. The quantitative estimate of drug-likeness (QED) is 0.841. The zero-order chi connectivity index (χ0) is 14.2. The average molecular weight is 333 g/mol. The number of rotatable bonds is 6. The number of piperidine rings is 1. The van der Waals surface area contributed by atoms with E-state index in [4.69, 9.17) is 16.3 Å². The van der Waals surface area contributed by atoms with Gasteiger partial charge >= 0.3 is 0 Å². The molecule has 2 N–H and O–H groups in total. The molecule has 0 aromatic heterocycles. The number of carbonyl (C=O) groups is 1. The first-order chi connectivity index (χ1) is 9.75. The molecule has 4 nitrogen and oxygen atoms in total. The summed E-state index contributed by atoms with van der Waals surface area (Å²) < 4.78 is 5.38. The van der Waals surface area contributed by atoms with Crippen molar-refractivity contribution >= 4 is 29.9 Å². The lowest BCUT2D eigenvalue weighted by Gasteiger charge is -2.22. The van der Waals surface area contributed by atoms with E-state index >= 15 is 0 Å². The van der Waals surface area contributed by atoms with Crippen molar-refractivity contribution in [3.63, 3.8) is 0 Å². The van der Waals surface area contributed by atoms with Crippen LogP contribution in [0, 0.1) is 5.92 Å². The maximum atomic E-state index is 11.7. The molecule has 1 aliphatic heterocycles. The van der Waals surface area contributed by atoms with Gasteiger partial charge in [-0.15, -0.1) is 12.4 Å². The minimum absolute atomic E-state index is 0. The zero-order valence-corrected chi connectivity index (χ0v) is 13.5. The normalized spacial score (nSPS) is 17.7. The Bertz CT molecular complexity index is 437. The third kappa shape index (κ3) is 6.55. The molecule has 0 radical (unpaired) electrons. The summed E-state index contributed by atoms with van der Waals surface area (Å²) in [6, 6.07) is 7.15. The van der Waals surface area contributed by atoms with Gasteiger partial charge in [0.2, 0.25) is 0 Å². The highest BCUT2D eigenvalue weighted by Gasteiger charge is 2.13. The molecule has 1 aromatic carbocycles. The summed E-state index contributed by atoms with van der Waals surface area (Å²) in [4.78, 5) is 11.7. The first-order valence-electron chi connectivity index (χ1n) is 7.10. The fraction of sp³-hybridized carbons (Fsp3) is 0.533. The Morgan fingerprint density at radius 3 is 2.95 bits per heavy atom. The maximum Gasteiger partial charge on any atom is 0.257 e. The van der Waals surface area contributed by atoms with E-state index in [1.807, 2.05) is 12.1 Å². The van der Waals surface area contributed by atoms with Crippen LogP contribution in [-0.2, 0) is 4.79 Å². The van der Waals surface area contributed by atoms with Crippen LogP contribution >= 0.6 is 24.0 Å². The van der Waals surface area contributed by atoms with Crippen LogP contribution in [0.3, 0.4) is 0 Å². The summed E-state index contributed by atoms with van der Waals surface area (Å²) in [6.07, 6.45) is 3.50. The number of para-hydroxylation sites is 1. The van der Waals surface area contributed by atoms with Crippen LogP contribution in [-0.4, -0.2) is 32.1 Å². The molecule has 1 unspecified atom stereocenters. The number of hydrogen-bond donors (Lipinski definition) is 2. The minimum atomic E-state index is -0.103. The van der Waals surface area contributed by atoms with Crippen LogP contribution in [0.5, 0.6) is 5.75 Å². The molecule has 0 aliphatic carbocycles. The number of halogens is 2. The summed E-state index contributed by atoms with van der Waals surface area (Å²) in [5, 5.41) is 6.78. The van der Waals surface area contributed by atoms with Gasteiger partial charge in [0.05, 0.1) is 5.02 Å². The third-order valence-electron chi connectivity index (χ3n) is 3.47. The Morgan fingerprint density at radius 2 is 2.24 bits per heavy atom. The minimum Gasteiger partial charge on any atom is -0.482 e. The molecular formula is C15H22Cl2N2O2. The molecule has 1 heterocycles. The summed E-state index contributed by atoms with van der Waals surface area (Å²) in [7, 11) is 0. The number of hydrogen-bond acceptors (Lipinski definition) is 3. The van der Waals surface area contributed by atoms with E-state index in [1.54, 1.807) is 12.1 Å². The standard InChI is InChI=1S/C15H21ClN2O2.ClH/c16-13-5-1-2-6-14(13)20-11-15(19)18-9-7-12-4-3-8-17-10-12;/h1-2,5-6,12,17H,3-4,7-11H2,(H,18,19);1H. The van der Waals surface area contributed by atoms with E-state index in [2.05, 4.69) is 10.6 Å². The second kappa shape index (κ2) is 9.87. The van der Waals surface area contributed by atoms with Gasteiger partial charge in [-0.3, -0.25) is 4.79 Å². The Kier molecular flexibility index (Phi) is 8.50. The molecule has 1 saturated heterocycles. The number of ether oxygens (including phenoxy) is 1. The van der Waals surface area contributed by atoms with E-state index in [0.717, 1.165) is 19.5 Å². The van der Waals surface area contributed by atoms with E-state index < -0.39 is 0 Å². The smallest absolute Gasteiger partial charge is 0.257 e. The van der Waals surface area contributed by atoms with E-state index in [1.165, 1.54) is 12.8 Å². The molecule has 1 aromatic rings. The van der Waals surface area contributed by atoms with Gasteiger partial charge in [-0.05, 0) is 50.4 Å². The highest BCUT2D eigenvalue weighted by atomic mass is 35.5. The predicted molar refractivity (Wildman–Crippen MR) is 87.4 cm³/mol. The van der Waals surface area contributed by atoms with Crippen molar-refractivity contribution < 1.29 is 9.53 Å². The summed E-state index contributed by atoms with van der Waals surface area (Å²) >= 11 is 5.95. The van der Waals surface area contributed by atoms with Crippen LogP contribution < -0.4 is 15.4 Å². The molecule has 2 rings (SSSR count). The van der Waals surface area contributed by atoms with Crippen molar-refractivity contribution in [1.29, 1.82) is 0 Å². The Balaban J connectivity index is 0.00000220. The highest BCUT2D eigenvalue weighted by Crippen LogP contribution is 2.22. The Morgan fingerprint density at radius 1 is 1.43 bits per heavy atom. The second-order valence-corrected chi connectivity index (χ2v) is 5.48. The maximum absolute atomic E-state index is 11.7. The van der Waals surface area contributed by atoms with Gasteiger partial charge in [0.1, 0.15) is 5.75 Å². The van der Waals surface area contributed by atoms with Crippen molar-refractivity contribution in [3.05, 3.63) is 29.3 Å². The van der Waals surface area contributed by atoms with Gasteiger partial charge in [0.15, 0.2) is 6.61 Å². The van der Waals surface area contributed by atoms with Crippen LogP contribution in [0.1, 0.15) is 19.3 Å². The lowest BCUT2D eigenvalue weighted by atomic mass is 9.96. The third-order valence-corrected chi connectivity index (χ3v) is 3.78. The summed E-state index contributed by atoms with van der Waals surface area (Å²) in [5.41, 5.74) is 0. The molecule has 6 heteroatoms. The second-order valence-electron chi connectivity index (χ2n) is 5.07. The first-order valence-corrected chi connectivity index (χ1v) is 7.48. The first kappa shape index (κ1) is 18.1. The summed E-state index contributed by atoms with van der Waals surface area (Å²) in [5.74, 6) is 1.11. The van der Waals surface area contributed by atoms with Gasteiger partial charge in [-0.25, -0.2) is 0 Å². The van der Waals surface area contributed by atoms with Crippen molar-refractivity contribution in [3.8, 4) is 5.75 Å². The molecule has 0 spiro atoms. The van der Waals surface area contributed by atoms with Crippen LogP contribution in [0.4, 0.5) is 0 Å². The molecule has 1 aliphatic rings. The Labute approximate surface area is 137 Å². The number of nitrogens with one attached hydrogen (secondary N) is 2. The van der Waals surface area contributed by atoms with Crippen LogP contribution in [0.25, 0.3) is 0 Å². The van der Waals surface area contributed by atoms with Crippen molar-refractivity contribution in [2.24, 2.45) is 5.92 Å². The summed E-state index contributed by atoms with van der Waals surface area (Å²) in [6.45, 7) is 2.89. The predicted octanol–water partition coefficient (Wildman–Crippen LogP) is 2.65. The van der Waals surface area contributed by atoms with Gasteiger partial charge in [0.25, 0.3) is 5.91 Å². The highest BCUT2D eigenvalue weighted by molar-refractivity contribution is 6.32. The molecule has 1 amide bonds. The number of amides is 1. The molecular weight excluding hydrogens is 311 g/mol. The van der Waals surface area contributed by atoms with Crippen molar-refractivity contribution in [2.75, 3.05) is 26.2 Å². The van der Waals surface area contributed by atoms with Crippen LogP contribution in [0.2, 0.25) is 5.02 Å². The molecule has 21 heavy (non-hydrogen) atoms. The monoisotopic (exact) mass is 332 g/mol. The lowest BCUT2D eigenvalue weighted by Crippen LogP contribution is -2.34. The SMILES string of the molecule is Cl.O=C(COc1ccccc1Cl)NCCC1CCCNC1. The largest absolute Gasteiger partial charge is 0.482 e. The molecule has 0 saturated carbocycles. The number of benzene rings is 1.